The molecule has 3 rings (SSSR count). The van der Waals surface area contributed by atoms with Crippen LogP contribution in [0.3, 0.4) is 0 Å². The lowest BCUT2D eigenvalue weighted by Crippen LogP contribution is -2.32. The van der Waals surface area contributed by atoms with Crippen LogP contribution in [0.5, 0.6) is 0 Å². The van der Waals surface area contributed by atoms with Crippen molar-refractivity contribution in [2.75, 3.05) is 18.4 Å². The molecule has 0 bridgehead atoms. The van der Waals surface area contributed by atoms with Crippen molar-refractivity contribution >= 4 is 11.6 Å². The van der Waals surface area contributed by atoms with E-state index in [0.29, 0.717) is 6.04 Å². The first-order chi connectivity index (χ1) is 9.74. The van der Waals surface area contributed by atoms with Crippen LogP contribution >= 0.6 is 0 Å². The van der Waals surface area contributed by atoms with Gasteiger partial charge in [-0.3, -0.25) is 9.78 Å². The summed E-state index contributed by atoms with van der Waals surface area (Å²) in [6, 6.07) is 7.96. The number of anilines is 1. The Kier molecular flexibility index (Phi) is 3.41. The van der Waals surface area contributed by atoms with E-state index in [1.54, 1.807) is 6.20 Å². The summed E-state index contributed by atoms with van der Waals surface area (Å²) in [6.07, 6.45) is 6.42. The van der Waals surface area contributed by atoms with Crippen molar-refractivity contribution < 1.29 is 4.79 Å². The quantitative estimate of drug-likeness (QED) is 0.924. The van der Waals surface area contributed by atoms with Gasteiger partial charge < -0.3 is 14.8 Å². The average Bonchev–Trinajstić information content (AvgIpc) is 3.08. The molecule has 1 saturated heterocycles. The summed E-state index contributed by atoms with van der Waals surface area (Å²) in [7, 11) is 1.90. The molecule has 104 valence electrons. The third-order valence-corrected chi connectivity index (χ3v) is 3.67. The highest BCUT2D eigenvalue weighted by molar-refractivity contribution is 5.93. The summed E-state index contributed by atoms with van der Waals surface area (Å²) >= 11 is 0. The fraction of sp³-hybridized carbons (Fsp3) is 0.333. The summed E-state index contributed by atoms with van der Waals surface area (Å²) in [5.41, 5.74) is 1.75. The Morgan fingerprint density at radius 2 is 2.30 bits per heavy atom. The first kappa shape index (κ1) is 12.7. The molecule has 5 heteroatoms. The molecule has 5 nitrogen and oxygen atoms in total. The maximum atomic E-state index is 12.4. The number of rotatable bonds is 3. The topological polar surface area (TPSA) is 50.2 Å². The van der Waals surface area contributed by atoms with Crippen LogP contribution in [0.4, 0.5) is 5.69 Å². The van der Waals surface area contributed by atoms with Crippen LogP contribution in [0, 0.1) is 0 Å². The molecule has 1 amide bonds. The highest BCUT2D eigenvalue weighted by atomic mass is 16.2. The lowest BCUT2D eigenvalue weighted by Gasteiger charge is -2.18. The van der Waals surface area contributed by atoms with Crippen LogP contribution < -0.4 is 5.32 Å². The summed E-state index contributed by atoms with van der Waals surface area (Å²) in [4.78, 5) is 18.4. The number of nitrogens with one attached hydrogen (secondary N) is 1. The Morgan fingerprint density at radius 3 is 3.00 bits per heavy atom. The van der Waals surface area contributed by atoms with Gasteiger partial charge in [0.05, 0.1) is 5.69 Å². The molecule has 0 saturated carbocycles. The zero-order chi connectivity index (χ0) is 13.9. The molecule has 20 heavy (non-hydrogen) atoms. The number of nitrogens with zero attached hydrogens (tertiary/aromatic N) is 3. The molecular formula is C15H18N4O. The summed E-state index contributed by atoms with van der Waals surface area (Å²) in [6.45, 7) is 1.53. The molecule has 1 fully saturated rings. The van der Waals surface area contributed by atoms with E-state index in [2.05, 4.69) is 10.3 Å². The highest BCUT2D eigenvalue weighted by Crippen LogP contribution is 2.17. The minimum absolute atomic E-state index is 0.105. The van der Waals surface area contributed by atoms with Crippen molar-refractivity contribution in [2.45, 2.75) is 12.5 Å². The van der Waals surface area contributed by atoms with E-state index in [1.165, 1.54) is 0 Å². The fourth-order valence-electron chi connectivity index (χ4n) is 2.59. The van der Waals surface area contributed by atoms with Gasteiger partial charge in [-0.25, -0.2) is 0 Å². The number of hydrogen-bond acceptors (Lipinski definition) is 3. The summed E-state index contributed by atoms with van der Waals surface area (Å²) in [5.74, 6) is 0.105. The van der Waals surface area contributed by atoms with E-state index < -0.39 is 0 Å². The minimum atomic E-state index is 0.105. The molecule has 1 aliphatic heterocycles. The molecule has 1 atom stereocenters. The van der Waals surface area contributed by atoms with Gasteiger partial charge in [0.15, 0.2) is 0 Å². The van der Waals surface area contributed by atoms with E-state index >= 15 is 0 Å². The van der Waals surface area contributed by atoms with Crippen molar-refractivity contribution in [2.24, 2.45) is 7.05 Å². The lowest BCUT2D eigenvalue weighted by molar-refractivity contribution is 0.0782. The van der Waals surface area contributed by atoms with Gasteiger partial charge in [-0.2, -0.15) is 0 Å². The highest BCUT2D eigenvalue weighted by Gasteiger charge is 2.27. The first-order valence-electron chi connectivity index (χ1n) is 6.81. The van der Waals surface area contributed by atoms with Crippen LogP contribution in [0.25, 0.3) is 0 Å². The number of aromatic nitrogens is 2. The molecule has 0 aliphatic carbocycles. The number of amides is 1. The molecule has 0 spiro atoms. The van der Waals surface area contributed by atoms with Crippen molar-refractivity contribution in [3.8, 4) is 0 Å². The molecule has 1 N–H and O–H groups in total. The number of hydrogen-bond donors (Lipinski definition) is 1. The molecule has 0 radical (unpaired) electrons. The Labute approximate surface area is 118 Å². The standard InChI is InChI=1S/C15H18N4O/c1-18-8-3-5-14(18)15(20)19-9-6-13(11-19)17-12-4-2-7-16-10-12/h2-5,7-8,10,13,17H,6,9,11H2,1H3/t13-/m0/s1. The van der Waals surface area contributed by atoms with Gasteiger partial charge >= 0.3 is 0 Å². The van der Waals surface area contributed by atoms with Gasteiger partial charge in [-0.1, -0.05) is 0 Å². The normalized spacial score (nSPS) is 18.2. The number of carbonyl (C=O) groups excluding carboxylic acids is 1. The van der Waals surface area contributed by atoms with E-state index in [4.69, 9.17) is 0 Å². The molecule has 2 aromatic heterocycles. The van der Waals surface area contributed by atoms with Crippen molar-refractivity contribution in [3.05, 3.63) is 48.5 Å². The van der Waals surface area contributed by atoms with E-state index in [9.17, 15) is 4.79 Å². The monoisotopic (exact) mass is 270 g/mol. The van der Waals surface area contributed by atoms with Crippen molar-refractivity contribution in [3.63, 3.8) is 0 Å². The lowest BCUT2D eigenvalue weighted by atomic mass is 10.2. The molecule has 3 heterocycles. The van der Waals surface area contributed by atoms with E-state index in [1.807, 2.05) is 53.2 Å². The third kappa shape index (κ3) is 2.52. The van der Waals surface area contributed by atoms with Gasteiger partial charge in [-0.15, -0.1) is 0 Å². The smallest absolute Gasteiger partial charge is 0.270 e. The third-order valence-electron chi connectivity index (χ3n) is 3.67. The van der Waals surface area contributed by atoms with Gasteiger partial charge in [-0.05, 0) is 30.7 Å². The SMILES string of the molecule is Cn1cccc1C(=O)N1CC[C@H](Nc2cccnc2)C1. The largest absolute Gasteiger partial charge is 0.379 e. The number of pyridine rings is 1. The molecular weight excluding hydrogens is 252 g/mol. The fourth-order valence-corrected chi connectivity index (χ4v) is 2.59. The van der Waals surface area contributed by atoms with Crippen LogP contribution in [0.1, 0.15) is 16.9 Å². The van der Waals surface area contributed by atoms with E-state index in [-0.39, 0.29) is 5.91 Å². The van der Waals surface area contributed by atoms with Gasteiger partial charge in [0.2, 0.25) is 0 Å². The maximum absolute atomic E-state index is 12.4. The zero-order valence-corrected chi connectivity index (χ0v) is 11.5. The summed E-state index contributed by atoms with van der Waals surface area (Å²) in [5, 5.41) is 3.42. The van der Waals surface area contributed by atoms with Crippen molar-refractivity contribution in [1.29, 1.82) is 0 Å². The Balaban J connectivity index is 1.62. The Morgan fingerprint density at radius 1 is 1.40 bits per heavy atom. The number of aryl methyl sites for hydroxylation is 1. The second kappa shape index (κ2) is 5.36. The average molecular weight is 270 g/mol. The predicted molar refractivity (Wildman–Crippen MR) is 77.6 cm³/mol. The molecule has 2 aromatic rings. The van der Waals surface area contributed by atoms with Gasteiger partial charge in [0.25, 0.3) is 5.91 Å². The predicted octanol–water partition coefficient (Wildman–Crippen LogP) is 1.75. The maximum Gasteiger partial charge on any atom is 0.270 e. The second-order valence-electron chi connectivity index (χ2n) is 5.13. The van der Waals surface area contributed by atoms with Crippen LogP contribution in [0.15, 0.2) is 42.9 Å². The number of likely N-dealkylation sites (tertiary alicyclic amines) is 1. The second-order valence-corrected chi connectivity index (χ2v) is 5.13. The summed E-state index contributed by atoms with van der Waals surface area (Å²) < 4.78 is 1.87. The van der Waals surface area contributed by atoms with Gasteiger partial charge in [0, 0.05) is 44.8 Å². The van der Waals surface area contributed by atoms with Crippen LogP contribution in [-0.4, -0.2) is 39.5 Å². The minimum Gasteiger partial charge on any atom is -0.379 e. The zero-order valence-electron chi connectivity index (χ0n) is 11.5. The number of carbonyl (C=O) groups is 1. The van der Waals surface area contributed by atoms with Crippen molar-refractivity contribution in [1.82, 2.24) is 14.5 Å². The molecule has 1 aliphatic rings. The van der Waals surface area contributed by atoms with E-state index in [0.717, 1.165) is 30.9 Å². The Bertz CT molecular complexity index is 593. The van der Waals surface area contributed by atoms with Gasteiger partial charge in [0.1, 0.15) is 5.69 Å². The molecule has 0 aromatic carbocycles. The Hall–Kier alpha value is -2.30. The van der Waals surface area contributed by atoms with Crippen LogP contribution in [-0.2, 0) is 7.05 Å². The molecule has 0 unspecified atom stereocenters. The first-order valence-corrected chi connectivity index (χ1v) is 6.81. The van der Waals surface area contributed by atoms with Crippen LogP contribution in [0.2, 0.25) is 0 Å².